The van der Waals surface area contributed by atoms with Gasteiger partial charge in [0, 0.05) is 17.6 Å². The number of hydrogen-bond donors (Lipinski definition) is 1. The van der Waals surface area contributed by atoms with Gasteiger partial charge in [-0.3, -0.25) is 0 Å². The van der Waals surface area contributed by atoms with Crippen molar-refractivity contribution < 1.29 is 4.79 Å². The molecule has 0 aliphatic carbocycles. The number of carbonyl (C=O) groups is 1. The fraction of sp³-hybridized carbons (Fsp3) is 0.148. The van der Waals surface area contributed by atoms with Crippen LogP contribution in [0, 0.1) is 13.8 Å². The fourth-order valence-electron chi connectivity index (χ4n) is 4.34. The zero-order chi connectivity index (χ0) is 21.4. The van der Waals surface area contributed by atoms with Crippen molar-refractivity contribution in [3.8, 4) is 5.69 Å². The number of amides is 2. The lowest BCUT2D eigenvalue weighted by atomic mass is 10.0. The molecule has 0 fully saturated rings. The van der Waals surface area contributed by atoms with Crippen molar-refractivity contribution in [3.05, 3.63) is 119 Å². The van der Waals surface area contributed by atoms with Gasteiger partial charge in [0.15, 0.2) is 0 Å². The van der Waals surface area contributed by atoms with E-state index in [-0.39, 0.29) is 12.1 Å². The molecule has 3 aromatic carbocycles. The van der Waals surface area contributed by atoms with Crippen LogP contribution in [0.25, 0.3) is 5.69 Å². The first-order valence-corrected chi connectivity index (χ1v) is 10.6. The molecule has 0 bridgehead atoms. The molecule has 5 rings (SSSR count). The average Bonchev–Trinajstić information content (AvgIpc) is 3.20. The van der Waals surface area contributed by atoms with Crippen molar-refractivity contribution >= 4 is 11.7 Å². The molecule has 1 aliphatic heterocycles. The summed E-state index contributed by atoms with van der Waals surface area (Å²) in [4.78, 5) is 15.6. The number of carbonyl (C=O) groups excluding carboxylic acids is 1. The molecule has 4 heteroatoms. The summed E-state index contributed by atoms with van der Waals surface area (Å²) < 4.78 is 2.21. The Balaban J connectivity index is 1.64. The molecule has 2 amide bonds. The van der Waals surface area contributed by atoms with Crippen LogP contribution in [-0.2, 0) is 6.54 Å². The normalized spacial score (nSPS) is 15.0. The maximum Gasteiger partial charge on any atom is 0.322 e. The summed E-state index contributed by atoms with van der Waals surface area (Å²) in [6.45, 7) is 4.61. The van der Waals surface area contributed by atoms with E-state index in [1.807, 2.05) is 48.2 Å². The molecule has 1 aliphatic rings. The molecule has 0 spiro atoms. The molecule has 0 radical (unpaired) electrons. The van der Waals surface area contributed by atoms with Crippen LogP contribution >= 0.6 is 0 Å². The Morgan fingerprint density at radius 1 is 0.871 bits per heavy atom. The van der Waals surface area contributed by atoms with E-state index < -0.39 is 0 Å². The quantitative estimate of drug-likeness (QED) is 0.420. The minimum Gasteiger partial charge on any atom is -0.318 e. The number of benzene rings is 3. The predicted octanol–water partition coefficient (Wildman–Crippen LogP) is 6.23. The summed E-state index contributed by atoms with van der Waals surface area (Å²) in [6, 6.07) is 28.5. The number of aryl methyl sites for hydroxylation is 2. The van der Waals surface area contributed by atoms with Gasteiger partial charge in [0.05, 0.1) is 18.3 Å². The van der Waals surface area contributed by atoms with Crippen LogP contribution in [0.4, 0.5) is 10.5 Å². The standard InChI is InChI=1S/C27H25N3O/c1-19-13-15-21(16-14-19)26-25-12-7-17-29(25)24-11-6-4-9-22(24)18-30(26)27(31)28-23-10-5-3-8-20(23)2/h3-17,26H,18H2,1-2H3,(H,28,31). The van der Waals surface area contributed by atoms with Crippen molar-refractivity contribution in [2.75, 3.05) is 5.32 Å². The van der Waals surface area contributed by atoms with Crippen LogP contribution in [0.5, 0.6) is 0 Å². The lowest BCUT2D eigenvalue weighted by Crippen LogP contribution is -2.38. The van der Waals surface area contributed by atoms with Gasteiger partial charge < -0.3 is 14.8 Å². The van der Waals surface area contributed by atoms with Crippen LogP contribution in [0.1, 0.15) is 34.0 Å². The summed E-state index contributed by atoms with van der Waals surface area (Å²) in [5, 5.41) is 3.15. The van der Waals surface area contributed by atoms with Crippen molar-refractivity contribution in [1.82, 2.24) is 9.47 Å². The first-order valence-electron chi connectivity index (χ1n) is 10.6. The number of hydrogen-bond acceptors (Lipinski definition) is 1. The molecule has 154 valence electrons. The number of para-hydroxylation sites is 2. The molecule has 4 aromatic rings. The Bertz CT molecular complexity index is 1240. The SMILES string of the molecule is Cc1ccc(C2c3cccn3-c3ccccc3CN2C(=O)Nc2ccccc2C)cc1. The Hall–Kier alpha value is -3.79. The number of rotatable bonds is 2. The van der Waals surface area contributed by atoms with Gasteiger partial charge in [-0.25, -0.2) is 4.79 Å². The third-order valence-corrected chi connectivity index (χ3v) is 6.00. The van der Waals surface area contributed by atoms with E-state index in [0.29, 0.717) is 6.54 Å². The van der Waals surface area contributed by atoms with Crippen molar-refractivity contribution in [2.24, 2.45) is 0 Å². The summed E-state index contributed by atoms with van der Waals surface area (Å²) >= 11 is 0. The second-order valence-corrected chi connectivity index (χ2v) is 8.12. The average molecular weight is 408 g/mol. The van der Waals surface area contributed by atoms with Gasteiger partial charge in [-0.05, 0) is 54.8 Å². The predicted molar refractivity (Wildman–Crippen MR) is 125 cm³/mol. The summed E-state index contributed by atoms with van der Waals surface area (Å²) in [5.74, 6) is 0. The lowest BCUT2D eigenvalue weighted by Gasteiger charge is -2.31. The molecule has 2 heterocycles. The highest BCUT2D eigenvalue weighted by Crippen LogP contribution is 2.37. The molecule has 0 saturated carbocycles. The van der Waals surface area contributed by atoms with Gasteiger partial charge in [-0.15, -0.1) is 0 Å². The van der Waals surface area contributed by atoms with Crippen molar-refractivity contribution in [1.29, 1.82) is 0 Å². The largest absolute Gasteiger partial charge is 0.322 e. The van der Waals surface area contributed by atoms with Crippen LogP contribution in [0.15, 0.2) is 91.1 Å². The highest BCUT2D eigenvalue weighted by Gasteiger charge is 2.33. The minimum atomic E-state index is -0.202. The molecule has 0 saturated heterocycles. The van der Waals surface area contributed by atoms with Gasteiger partial charge in [-0.1, -0.05) is 66.2 Å². The van der Waals surface area contributed by atoms with E-state index in [1.165, 1.54) is 5.56 Å². The van der Waals surface area contributed by atoms with Crippen LogP contribution in [0.3, 0.4) is 0 Å². The molecule has 1 atom stereocenters. The maximum atomic E-state index is 13.7. The first kappa shape index (κ1) is 19.2. The number of fused-ring (bicyclic) bond motifs is 3. The highest BCUT2D eigenvalue weighted by molar-refractivity contribution is 5.91. The van der Waals surface area contributed by atoms with Gasteiger partial charge >= 0.3 is 6.03 Å². The van der Waals surface area contributed by atoms with Crippen LogP contribution in [0.2, 0.25) is 0 Å². The number of nitrogens with one attached hydrogen (secondary N) is 1. The Morgan fingerprint density at radius 2 is 1.61 bits per heavy atom. The van der Waals surface area contributed by atoms with Crippen LogP contribution in [-0.4, -0.2) is 15.5 Å². The van der Waals surface area contributed by atoms with E-state index in [0.717, 1.165) is 33.8 Å². The Labute approximate surface area is 182 Å². The molecular formula is C27H25N3O. The van der Waals surface area contributed by atoms with Gasteiger partial charge in [0.1, 0.15) is 0 Å². The molecule has 4 nitrogen and oxygen atoms in total. The summed E-state index contributed by atoms with van der Waals surface area (Å²) in [5.41, 5.74) is 7.49. The zero-order valence-electron chi connectivity index (χ0n) is 17.7. The zero-order valence-corrected chi connectivity index (χ0v) is 17.7. The molecule has 1 N–H and O–H groups in total. The first-order chi connectivity index (χ1) is 15.1. The number of nitrogens with zero attached hydrogens (tertiary/aromatic N) is 2. The highest BCUT2D eigenvalue weighted by atomic mass is 16.2. The molecule has 1 aromatic heterocycles. The maximum absolute atomic E-state index is 13.7. The monoisotopic (exact) mass is 407 g/mol. The Morgan fingerprint density at radius 3 is 2.42 bits per heavy atom. The van der Waals surface area contributed by atoms with E-state index in [2.05, 4.69) is 71.5 Å². The molecule has 1 unspecified atom stereocenters. The number of anilines is 1. The third-order valence-electron chi connectivity index (χ3n) is 6.00. The van der Waals surface area contributed by atoms with Crippen LogP contribution < -0.4 is 5.32 Å². The topological polar surface area (TPSA) is 37.3 Å². The van der Waals surface area contributed by atoms with Crippen molar-refractivity contribution in [2.45, 2.75) is 26.4 Å². The molecule has 31 heavy (non-hydrogen) atoms. The second kappa shape index (κ2) is 7.80. The third kappa shape index (κ3) is 3.50. The minimum absolute atomic E-state index is 0.107. The van der Waals surface area contributed by atoms with Crippen molar-refractivity contribution in [3.63, 3.8) is 0 Å². The van der Waals surface area contributed by atoms with Gasteiger partial charge in [-0.2, -0.15) is 0 Å². The van der Waals surface area contributed by atoms with E-state index >= 15 is 0 Å². The van der Waals surface area contributed by atoms with E-state index in [4.69, 9.17) is 0 Å². The van der Waals surface area contributed by atoms with E-state index in [1.54, 1.807) is 0 Å². The molecular weight excluding hydrogens is 382 g/mol. The smallest absolute Gasteiger partial charge is 0.318 e. The van der Waals surface area contributed by atoms with Gasteiger partial charge in [0.2, 0.25) is 0 Å². The fourth-order valence-corrected chi connectivity index (χ4v) is 4.34. The van der Waals surface area contributed by atoms with Gasteiger partial charge in [0.25, 0.3) is 0 Å². The summed E-state index contributed by atoms with van der Waals surface area (Å²) in [6.07, 6.45) is 2.08. The number of aromatic nitrogens is 1. The lowest BCUT2D eigenvalue weighted by molar-refractivity contribution is 0.194. The van der Waals surface area contributed by atoms with E-state index in [9.17, 15) is 4.79 Å². The Kier molecular flexibility index (Phi) is 4.83. The summed E-state index contributed by atoms with van der Waals surface area (Å²) in [7, 11) is 0. The second-order valence-electron chi connectivity index (χ2n) is 8.12. The number of urea groups is 1.